The molecule has 0 saturated carbocycles. The third-order valence-electron chi connectivity index (χ3n) is 2.86. The number of carbonyl (C=O) groups is 1. The van der Waals surface area contributed by atoms with E-state index in [-0.39, 0.29) is 6.09 Å². The van der Waals surface area contributed by atoms with Gasteiger partial charge in [-0.15, -0.1) is 5.10 Å². The Morgan fingerprint density at radius 3 is 2.75 bits per heavy atom. The number of thioether (sulfide) groups is 1. The molecule has 1 unspecified atom stereocenters. The largest absolute Gasteiger partial charge is 0.444 e. The predicted molar refractivity (Wildman–Crippen MR) is 78.8 cm³/mol. The molecule has 1 aliphatic rings. The Hall–Kier alpha value is -1.30. The summed E-state index contributed by atoms with van der Waals surface area (Å²) >= 11 is 1.68. The van der Waals surface area contributed by atoms with Gasteiger partial charge in [0.2, 0.25) is 0 Å². The van der Waals surface area contributed by atoms with Crippen molar-refractivity contribution in [2.24, 2.45) is 0 Å². The summed E-state index contributed by atoms with van der Waals surface area (Å²) in [6.07, 6.45) is 0.731. The average molecular weight is 295 g/mol. The Morgan fingerprint density at radius 1 is 1.40 bits per heavy atom. The minimum absolute atomic E-state index is 0.226. The maximum atomic E-state index is 12.0. The zero-order valence-corrected chi connectivity index (χ0v) is 13.2. The van der Waals surface area contributed by atoms with Crippen LogP contribution in [0.4, 0.5) is 4.79 Å². The highest BCUT2D eigenvalue weighted by Gasteiger charge is 2.30. The van der Waals surface area contributed by atoms with Crippen LogP contribution in [0.15, 0.2) is 17.2 Å². The van der Waals surface area contributed by atoms with Gasteiger partial charge in [0, 0.05) is 18.3 Å². The highest BCUT2D eigenvalue weighted by Crippen LogP contribution is 2.28. The highest BCUT2D eigenvalue weighted by atomic mass is 32.2. The van der Waals surface area contributed by atoms with Crippen molar-refractivity contribution in [3.8, 4) is 0 Å². The lowest BCUT2D eigenvalue weighted by Gasteiger charge is -2.24. The number of hydrogen-bond donors (Lipinski definition) is 0. The number of rotatable bonds is 2. The third-order valence-corrected chi connectivity index (χ3v) is 4.03. The number of aryl methyl sites for hydroxylation is 1. The molecule has 1 aromatic heterocycles. The highest BCUT2D eigenvalue weighted by molar-refractivity contribution is 7.99. The molecule has 20 heavy (non-hydrogen) atoms. The Balaban J connectivity index is 1.86. The molecule has 6 heteroatoms. The fourth-order valence-corrected chi connectivity index (χ4v) is 2.99. The third kappa shape index (κ3) is 4.37. The van der Waals surface area contributed by atoms with Gasteiger partial charge in [0.25, 0.3) is 0 Å². The molecule has 1 aromatic rings. The molecule has 5 nitrogen and oxygen atoms in total. The van der Waals surface area contributed by atoms with Gasteiger partial charge in [-0.3, -0.25) is 0 Å². The fraction of sp³-hybridized carbons (Fsp3) is 0.643. The van der Waals surface area contributed by atoms with Crippen molar-refractivity contribution in [3.63, 3.8) is 0 Å². The summed E-state index contributed by atoms with van der Waals surface area (Å²) in [6.45, 7) is 9.02. The lowest BCUT2D eigenvalue weighted by molar-refractivity contribution is 0.0295. The minimum Gasteiger partial charge on any atom is -0.444 e. The van der Waals surface area contributed by atoms with Crippen LogP contribution >= 0.6 is 11.8 Å². The maximum absolute atomic E-state index is 12.0. The average Bonchev–Trinajstić information content (AvgIpc) is 2.79. The predicted octanol–water partition coefficient (Wildman–Crippen LogP) is 2.89. The van der Waals surface area contributed by atoms with Gasteiger partial charge in [-0.25, -0.2) is 4.79 Å². The molecule has 0 bridgehead atoms. The summed E-state index contributed by atoms with van der Waals surface area (Å²) in [5.74, 6) is 0. The van der Waals surface area contributed by atoms with Crippen LogP contribution in [0.5, 0.6) is 0 Å². The van der Waals surface area contributed by atoms with E-state index in [1.165, 1.54) is 0 Å². The second kappa shape index (κ2) is 5.99. The molecule has 110 valence electrons. The van der Waals surface area contributed by atoms with Crippen LogP contribution in [-0.2, 0) is 4.74 Å². The van der Waals surface area contributed by atoms with Gasteiger partial charge in [0.05, 0.1) is 5.69 Å². The normalized spacial score (nSPS) is 19.2. The fourth-order valence-electron chi connectivity index (χ4n) is 1.94. The molecule has 1 atom stereocenters. The molecule has 2 heterocycles. The van der Waals surface area contributed by atoms with E-state index in [4.69, 9.17) is 4.74 Å². The molecule has 0 aliphatic carbocycles. The number of amides is 1. The van der Waals surface area contributed by atoms with Crippen LogP contribution in [0, 0.1) is 6.92 Å². The topological polar surface area (TPSA) is 55.3 Å². The minimum atomic E-state index is -0.440. The van der Waals surface area contributed by atoms with Gasteiger partial charge in [0.15, 0.2) is 0 Å². The van der Waals surface area contributed by atoms with Gasteiger partial charge in [-0.05, 0) is 46.2 Å². The first-order valence-electron chi connectivity index (χ1n) is 6.78. The Bertz CT molecular complexity index is 470. The second-order valence-corrected chi connectivity index (χ2v) is 7.29. The van der Waals surface area contributed by atoms with Crippen molar-refractivity contribution in [1.29, 1.82) is 0 Å². The molecule has 1 amide bonds. The first kappa shape index (κ1) is 15.1. The summed E-state index contributed by atoms with van der Waals surface area (Å²) in [5, 5.41) is 9.47. The van der Waals surface area contributed by atoms with E-state index in [0.29, 0.717) is 11.8 Å². The number of carbonyl (C=O) groups excluding carboxylic acids is 1. The van der Waals surface area contributed by atoms with E-state index >= 15 is 0 Å². The van der Waals surface area contributed by atoms with Crippen molar-refractivity contribution in [3.05, 3.63) is 17.8 Å². The van der Waals surface area contributed by atoms with Crippen LogP contribution in [0.1, 0.15) is 32.9 Å². The van der Waals surface area contributed by atoms with Crippen LogP contribution in [0.2, 0.25) is 0 Å². The van der Waals surface area contributed by atoms with Crippen LogP contribution < -0.4 is 0 Å². The maximum Gasteiger partial charge on any atom is 0.410 e. The van der Waals surface area contributed by atoms with E-state index in [9.17, 15) is 4.79 Å². The molecule has 2 rings (SSSR count). The SMILES string of the molecule is Cc1ccc(SC2CCN(C(=O)OC(C)(C)C)C2)nn1. The zero-order valence-electron chi connectivity index (χ0n) is 12.4. The van der Waals surface area contributed by atoms with E-state index in [1.54, 1.807) is 16.7 Å². The molecular formula is C14H21N3O2S. The summed E-state index contributed by atoms with van der Waals surface area (Å²) in [4.78, 5) is 13.7. The number of ether oxygens (including phenoxy) is 1. The van der Waals surface area contributed by atoms with Crippen molar-refractivity contribution in [1.82, 2.24) is 15.1 Å². The summed E-state index contributed by atoms with van der Waals surface area (Å²) in [7, 11) is 0. The monoisotopic (exact) mass is 295 g/mol. The molecule has 1 fully saturated rings. The van der Waals surface area contributed by atoms with Gasteiger partial charge in [0.1, 0.15) is 10.6 Å². The van der Waals surface area contributed by atoms with E-state index in [1.807, 2.05) is 39.8 Å². The Kier molecular flexibility index (Phi) is 4.52. The standard InChI is InChI=1S/C14H21N3O2S/c1-10-5-6-12(16-15-10)20-11-7-8-17(9-11)13(18)19-14(2,3)4/h5-6,11H,7-9H2,1-4H3. The van der Waals surface area contributed by atoms with Crippen LogP contribution in [0.3, 0.4) is 0 Å². The van der Waals surface area contributed by atoms with Gasteiger partial charge < -0.3 is 9.64 Å². The van der Waals surface area contributed by atoms with Crippen LogP contribution in [0.25, 0.3) is 0 Å². The van der Waals surface area contributed by atoms with Gasteiger partial charge in [-0.1, -0.05) is 11.8 Å². The quantitative estimate of drug-likeness (QED) is 0.839. The van der Waals surface area contributed by atoms with Crippen molar-refractivity contribution in [2.75, 3.05) is 13.1 Å². The summed E-state index contributed by atoms with van der Waals surface area (Å²) in [6, 6.07) is 3.93. The molecule has 0 aromatic carbocycles. The van der Waals surface area contributed by atoms with Crippen molar-refractivity contribution in [2.45, 2.75) is 50.0 Å². The molecule has 1 saturated heterocycles. The number of likely N-dealkylation sites (tertiary alicyclic amines) is 1. The molecule has 0 radical (unpaired) electrons. The molecule has 0 N–H and O–H groups in total. The van der Waals surface area contributed by atoms with Crippen molar-refractivity contribution < 1.29 is 9.53 Å². The number of hydrogen-bond acceptors (Lipinski definition) is 5. The molecule has 0 spiro atoms. The zero-order chi connectivity index (χ0) is 14.8. The van der Waals surface area contributed by atoms with Crippen LogP contribution in [-0.4, -0.2) is 45.1 Å². The van der Waals surface area contributed by atoms with E-state index in [2.05, 4.69) is 10.2 Å². The molecular weight excluding hydrogens is 274 g/mol. The van der Waals surface area contributed by atoms with Gasteiger partial charge >= 0.3 is 6.09 Å². The Labute approximate surface area is 124 Å². The molecule has 1 aliphatic heterocycles. The second-order valence-electron chi connectivity index (χ2n) is 5.97. The number of aromatic nitrogens is 2. The Morgan fingerprint density at radius 2 is 2.15 bits per heavy atom. The number of nitrogens with zero attached hydrogens (tertiary/aromatic N) is 3. The summed E-state index contributed by atoms with van der Waals surface area (Å²) < 4.78 is 5.39. The first-order chi connectivity index (χ1) is 9.33. The van der Waals surface area contributed by atoms with E-state index < -0.39 is 5.60 Å². The van der Waals surface area contributed by atoms with Crippen molar-refractivity contribution >= 4 is 17.9 Å². The first-order valence-corrected chi connectivity index (χ1v) is 7.66. The smallest absolute Gasteiger partial charge is 0.410 e. The van der Waals surface area contributed by atoms with E-state index in [0.717, 1.165) is 23.7 Å². The lowest BCUT2D eigenvalue weighted by Crippen LogP contribution is -2.35. The van der Waals surface area contributed by atoms with Gasteiger partial charge in [-0.2, -0.15) is 5.10 Å². The summed E-state index contributed by atoms with van der Waals surface area (Å²) in [5.41, 5.74) is 0.473. The lowest BCUT2D eigenvalue weighted by atomic mass is 10.2.